The average Bonchev–Trinajstić information content (AvgIpc) is 2.61. The van der Waals surface area contributed by atoms with Crippen LogP contribution in [0.5, 0.6) is 5.75 Å². The van der Waals surface area contributed by atoms with E-state index in [0.717, 1.165) is 10.6 Å². The van der Waals surface area contributed by atoms with Gasteiger partial charge in [-0.25, -0.2) is 0 Å². The summed E-state index contributed by atoms with van der Waals surface area (Å²) in [5.41, 5.74) is 0.597. The molecule has 0 aromatic heterocycles. The van der Waals surface area contributed by atoms with Crippen LogP contribution in [0.25, 0.3) is 0 Å². The Hall–Kier alpha value is -2.47. The molecule has 2 rings (SSSR count). The predicted octanol–water partition coefficient (Wildman–Crippen LogP) is 4.34. The van der Waals surface area contributed by atoms with Gasteiger partial charge < -0.3 is 15.4 Å². The first kappa shape index (κ1) is 20.8. The molecule has 2 N–H and O–H groups in total. The van der Waals surface area contributed by atoms with Crippen molar-refractivity contribution in [1.29, 1.82) is 0 Å². The number of carbonyl (C=O) groups is 2. The minimum absolute atomic E-state index is 0.160. The number of amides is 2. The van der Waals surface area contributed by atoms with Gasteiger partial charge in [0.15, 0.2) is 0 Å². The van der Waals surface area contributed by atoms with E-state index in [0.29, 0.717) is 11.3 Å². The quantitative estimate of drug-likeness (QED) is 0.725. The zero-order valence-electron chi connectivity index (χ0n) is 16.3. The van der Waals surface area contributed by atoms with Crippen LogP contribution in [0, 0.1) is 0 Å². The van der Waals surface area contributed by atoms with Gasteiger partial charge in [0.05, 0.1) is 23.6 Å². The topological polar surface area (TPSA) is 67.4 Å². The van der Waals surface area contributed by atoms with Crippen molar-refractivity contribution in [3.8, 4) is 5.75 Å². The first-order valence-electron chi connectivity index (χ1n) is 8.73. The standard InChI is InChI=1S/C21H26N2O3S/c1-14(27-16-12-10-15(26-5)11-13-16)19(24)22-18-9-7-6-8-17(18)20(25)23-21(2,3)4/h6-14H,1-5H3,(H,22,24)(H,23,25). The van der Waals surface area contributed by atoms with Gasteiger partial charge in [-0.1, -0.05) is 12.1 Å². The highest BCUT2D eigenvalue weighted by atomic mass is 32.2. The van der Waals surface area contributed by atoms with Crippen molar-refractivity contribution in [2.75, 3.05) is 12.4 Å². The third kappa shape index (κ3) is 6.32. The third-order valence-corrected chi connectivity index (χ3v) is 4.77. The molecule has 5 nitrogen and oxygen atoms in total. The Morgan fingerprint density at radius 1 is 1.04 bits per heavy atom. The van der Waals surface area contributed by atoms with Crippen LogP contribution in [0.15, 0.2) is 53.4 Å². The van der Waals surface area contributed by atoms with Crippen molar-refractivity contribution in [2.24, 2.45) is 0 Å². The Labute approximate surface area is 164 Å². The smallest absolute Gasteiger partial charge is 0.253 e. The van der Waals surface area contributed by atoms with Crippen LogP contribution in [0.2, 0.25) is 0 Å². The molecule has 0 aliphatic rings. The van der Waals surface area contributed by atoms with Crippen molar-refractivity contribution in [2.45, 2.75) is 43.4 Å². The number of hydrogen-bond acceptors (Lipinski definition) is 4. The molecule has 1 unspecified atom stereocenters. The Bertz CT molecular complexity index is 798. The molecule has 0 radical (unpaired) electrons. The number of hydrogen-bond donors (Lipinski definition) is 2. The lowest BCUT2D eigenvalue weighted by molar-refractivity contribution is -0.115. The predicted molar refractivity (Wildman–Crippen MR) is 111 cm³/mol. The highest BCUT2D eigenvalue weighted by molar-refractivity contribution is 8.00. The summed E-state index contributed by atoms with van der Waals surface area (Å²) in [5, 5.41) is 5.47. The molecule has 27 heavy (non-hydrogen) atoms. The van der Waals surface area contributed by atoms with E-state index < -0.39 is 0 Å². The summed E-state index contributed by atoms with van der Waals surface area (Å²) >= 11 is 1.45. The van der Waals surface area contributed by atoms with Crippen LogP contribution in [0.4, 0.5) is 5.69 Å². The van der Waals surface area contributed by atoms with E-state index in [4.69, 9.17) is 4.74 Å². The maximum Gasteiger partial charge on any atom is 0.253 e. The molecule has 0 aliphatic heterocycles. The van der Waals surface area contributed by atoms with Gasteiger partial charge in [0.2, 0.25) is 5.91 Å². The molecular weight excluding hydrogens is 360 g/mol. The fourth-order valence-corrected chi connectivity index (χ4v) is 3.21. The zero-order valence-corrected chi connectivity index (χ0v) is 17.1. The normalized spacial score (nSPS) is 12.2. The van der Waals surface area contributed by atoms with Gasteiger partial charge in [-0.05, 0) is 64.1 Å². The highest BCUT2D eigenvalue weighted by Gasteiger charge is 2.20. The van der Waals surface area contributed by atoms with Gasteiger partial charge in [0.25, 0.3) is 5.91 Å². The summed E-state index contributed by atoms with van der Waals surface area (Å²) in [4.78, 5) is 26.1. The molecule has 144 valence electrons. The van der Waals surface area contributed by atoms with Gasteiger partial charge in [-0.15, -0.1) is 11.8 Å². The number of benzene rings is 2. The molecule has 0 saturated carbocycles. The number of ether oxygens (including phenoxy) is 1. The van der Waals surface area contributed by atoms with Crippen LogP contribution in [0.3, 0.4) is 0 Å². The summed E-state index contributed by atoms with van der Waals surface area (Å²) in [7, 11) is 1.62. The summed E-state index contributed by atoms with van der Waals surface area (Å²) in [6.07, 6.45) is 0. The Kier molecular flexibility index (Phi) is 6.91. The summed E-state index contributed by atoms with van der Waals surface area (Å²) in [6, 6.07) is 14.6. The second-order valence-corrected chi connectivity index (χ2v) is 8.59. The first-order chi connectivity index (χ1) is 12.7. The molecule has 2 aromatic carbocycles. The first-order valence-corrected chi connectivity index (χ1v) is 9.60. The van der Waals surface area contributed by atoms with Crippen LogP contribution < -0.4 is 15.4 Å². The molecule has 0 fully saturated rings. The van der Waals surface area contributed by atoms with E-state index in [2.05, 4.69) is 10.6 Å². The average molecular weight is 387 g/mol. The molecule has 0 aliphatic carbocycles. The number of anilines is 1. The Balaban J connectivity index is 2.07. The summed E-state index contributed by atoms with van der Waals surface area (Å²) in [6.45, 7) is 7.58. The summed E-state index contributed by atoms with van der Waals surface area (Å²) in [5.74, 6) is 0.399. The van der Waals surface area contributed by atoms with E-state index in [-0.39, 0.29) is 22.6 Å². The Morgan fingerprint density at radius 3 is 2.26 bits per heavy atom. The molecule has 2 amide bonds. The molecule has 1 atom stereocenters. The van der Waals surface area contributed by atoms with Crippen molar-refractivity contribution < 1.29 is 14.3 Å². The van der Waals surface area contributed by atoms with Crippen LogP contribution in [-0.4, -0.2) is 29.7 Å². The molecule has 6 heteroatoms. The van der Waals surface area contributed by atoms with E-state index in [1.807, 2.05) is 52.0 Å². The van der Waals surface area contributed by atoms with Crippen molar-refractivity contribution in [3.63, 3.8) is 0 Å². The fourth-order valence-electron chi connectivity index (χ4n) is 2.34. The van der Waals surface area contributed by atoms with Gasteiger partial charge >= 0.3 is 0 Å². The lowest BCUT2D eigenvalue weighted by Crippen LogP contribution is -2.41. The maximum atomic E-state index is 12.6. The van der Waals surface area contributed by atoms with Gasteiger partial charge in [0, 0.05) is 10.4 Å². The van der Waals surface area contributed by atoms with Gasteiger partial charge in [-0.3, -0.25) is 9.59 Å². The zero-order chi connectivity index (χ0) is 20.0. The van der Waals surface area contributed by atoms with Gasteiger partial charge in [-0.2, -0.15) is 0 Å². The lowest BCUT2D eigenvalue weighted by atomic mass is 10.1. The van der Waals surface area contributed by atoms with Crippen LogP contribution >= 0.6 is 11.8 Å². The number of methoxy groups -OCH3 is 1. The van der Waals surface area contributed by atoms with E-state index in [1.54, 1.807) is 31.4 Å². The SMILES string of the molecule is COc1ccc(SC(C)C(=O)Nc2ccccc2C(=O)NC(C)(C)C)cc1. The van der Waals surface area contributed by atoms with E-state index >= 15 is 0 Å². The maximum absolute atomic E-state index is 12.6. The number of carbonyl (C=O) groups excluding carboxylic acids is 2. The second-order valence-electron chi connectivity index (χ2n) is 7.17. The monoisotopic (exact) mass is 386 g/mol. The third-order valence-electron chi connectivity index (χ3n) is 3.66. The molecule has 0 spiro atoms. The molecule has 0 saturated heterocycles. The minimum atomic E-state index is -0.355. The molecule has 0 heterocycles. The molecule has 0 bridgehead atoms. The van der Waals surface area contributed by atoms with Crippen LogP contribution in [0.1, 0.15) is 38.1 Å². The van der Waals surface area contributed by atoms with Gasteiger partial charge in [0.1, 0.15) is 5.75 Å². The molecule has 2 aromatic rings. The van der Waals surface area contributed by atoms with Crippen molar-refractivity contribution >= 4 is 29.3 Å². The Morgan fingerprint density at radius 2 is 1.67 bits per heavy atom. The van der Waals surface area contributed by atoms with Crippen molar-refractivity contribution in [3.05, 3.63) is 54.1 Å². The number of para-hydroxylation sites is 1. The highest BCUT2D eigenvalue weighted by Crippen LogP contribution is 2.26. The number of rotatable bonds is 6. The van der Waals surface area contributed by atoms with Crippen molar-refractivity contribution in [1.82, 2.24) is 5.32 Å². The largest absolute Gasteiger partial charge is 0.497 e. The van der Waals surface area contributed by atoms with E-state index in [1.165, 1.54) is 11.8 Å². The summed E-state index contributed by atoms with van der Waals surface area (Å²) < 4.78 is 5.14. The fraction of sp³-hybridized carbons (Fsp3) is 0.333. The second kappa shape index (κ2) is 8.95. The van der Waals surface area contributed by atoms with Crippen LogP contribution in [-0.2, 0) is 4.79 Å². The van der Waals surface area contributed by atoms with E-state index in [9.17, 15) is 9.59 Å². The number of thioether (sulfide) groups is 1. The molecular formula is C21H26N2O3S. The minimum Gasteiger partial charge on any atom is -0.497 e. The number of nitrogens with one attached hydrogen (secondary N) is 2. The lowest BCUT2D eigenvalue weighted by Gasteiger charge is -2.22.